The molecule has 0 atom stereocenters. The first-order chi connectivity index (χ1) is 13.6. The van der Waals surface area contributed by atoms with E-state index in [-0.39, 0.29) is 11.6 Å². The van der Waals surface area contributed by atoms with Crippen molar-refractivity contribution < 1.29 is 13.9 Å². The number of rotatable bonds is 6. The Bertz CT molecular complexity index is 1090. The van der Waals surface area contributed by atoms with Crippen molar-refractivity contribution in [1.82, 2.24) is 4.98 Å². The quantitative estimate of drug-likeness (QED) is 0.471. The Labute approximate surface area is 161 Å². The van der Waals surface area contributed by atoms with E-state index in [0.29, 0.717) is 25.2 Å². The van der Waals surface area contributed by atoms with Crippen molar-refractivity contribution in [1.29, 1.82) is 0 Å². The molecule has 2 N–H and O–H groups in total. The van der Waals surface area contributed by atoms with Crippen LogP contribution >= 0.6 is 0 Å². The van der Waals surface area contributed by atoms with Crippen molar-refractivity contribution in [3.8, 4) is 5.75 Å². The van der Waals surface area contributed by atoms with Crippen LogP contribution in [0.25, 0.3) is 10.9 Å². The van der Waals surface area contributed by atoms with E-state index in [4.69, 9.17) is 0 Å². The first kappa shape index (κ1) is 18.0. The van der Waals surface area contributed by atoms with E-state index in [2.05, 4.69) is 4.98 Å². The molecule has 0 spiro atoms. The third kappa shape index (κ3) is 3.69. The van der Waals surface area contributed by atoms with E-state index in [1.807, 2.05) is 41.4 Å². The Morgan fingerprint density at radius 3 is 2.57 bits per heavy atom. The lowest BCUT2D eigenvalue weighted by molar-refractivity contribution is 0.432. The fourth-order valence-electron chi connectivity index (χ4n) is 3.46. The van der Waals surface area contributed by atoms with Gasteiger partial charge in [0.05, 0.1) is 5.69 Å². The molecule has 3 nitrogen and oxygen atoms in total. The Morgan fingerprint density at radius 1 is 0.929 bits per heavy atom. The molecule has 0 radical (unpaired) electrons. The smallest absolute Gasteiger partial charge is 0.188 e. The predicted octanol–water partition coefficient (Wildman–Crippen LogP) is 5.40. The molecule has 0 unspecified atom stereocenters. The number of benzene rings is 3. The number of phenols is 1. The molecular weight excluding hydrogens is 358 g/mol. The van der Waals surface area contributed by atoms with Crippen LogP contribution in [0.1, 0.15) is 11.1 Å². The number of anilines is 1. The third-order valence-corrected chi connectivity index (χ3v) is 4.90. The van der Waals surface area contributed by atoms with Gasteiger partial charge in [-0.2, -0.15) is 0 Å². The zero-order chi connectivity index (χ0) is 19.5. The van der Waals surface area contributed by atoms with Crippen molar-refractivity contribution in [2.45, 2.75) is 13.0 Å². The average molecular weight is 378 g/mol. The van der Waals surface area contributed by atoms with Gasteiger partial charge in [0.1, 0.15) is 5.82 Å². The predicted molar refractivity (Wildman–Crippen MR) is 108 cm³/mol. The Balaban J connectivity index is 1.62. The van der Waals surface area contributed by atoms with Gasteiger partial charge in [-0.15, -0.1) is 0 Å². The summed E-state index contributed by atoms with van der Waals surface area (Å²) in [5, 5.41) is 10.7. The minimum Gasteiger partial charge on any atom is -0.505 e. The number of aromatic amines is 1. The number of fused-ring (bicyclic) bond motifs is 1. The monoisotopic (exact) mass is 378 g/mol. The molecule has 0 amide bonds. The van der Waals surface area contributed by atoms with Crippen LogP contribution < -0.4 is 4.90 Å². The van der Waals surface area contributed by atoms with Gasteiger partial charge in [0, 0.05) is 30.2 Å². The number of nitrogens with one attached hydrogen (secondary N) is 1. The van der Waals surface area contributed by atoms with Crippen LogP contribution in [0.15, 0.2) is 72.9 Å². The highest BCUT2D eigenvalue weighted by molar-refractivity contribution is 5.83. The number of H-pyrrole nitrogens is 1. The van der Waals surface area contributed by atoms with E-state index < -0.39 is 5.82 Å². The average Bonchev–Trinajstić information content (AvgIpc) is 3.10. The number of hydrogen-bond donors (Lipinski definition) is 2. The summed E-state index contributed by atoms with van der Waals surface area (Å²) in [5.41, 5.74) is 3.18. The fraction of sp³-hybridized carbons (Fsp3) is 0.130. The molecule has 1 heterocycles. The summed E-state index contributed by atoms with van der Waals surface area (Å²) in [5.74, 6) is -1.27. The number of aromatic hydroxyl groups is 1. The maximum atomic E-state index is 14.6. The number of hydrogen-bond acceptors (Lipinski definition) is 2. The highest BCUT2D eigenvalue weighted by atomic mass is 19.1. The SMILES string of the molecule is Oc1cccc(N(CCc2c[nH]c3cc(F)ccc23)Cc2ccccc2)c1F. The Kier molecular flexibility index (Phi) is 4.98. The molecule has 4 aromatic rings. The minimum atomic E-state index is -0.626. The van der Waals surface area contributed by atoms with Crippen LogP contribution in [-0.4, -0.2) is 16.6 Å². The van der Waals surface area contributed by atoms with E-state index in [9.17, 15) is 13.9 Å². The molecule has 0 saturated carbocycles. The summed E-state index contributed by atoms with van der Waals surface area (Å²) in [6.45, 7) is 1.05. The van der Waals surface area contributed by atoms with Crippen molar-refractivity contribution in [2.24, 2.45) is 0 Å². The van der Waals surface area contributed by atoms with Gasteiger partial charge in [0.2, 0.25) is 0 Å². The maximum absolute atomic E-state index is 14.6. The molecule has 3 aromatic carbocycles. The molecule has 0 bridgehead atoms. The molecule has 0 aliphatic rings. The fourth-order valence-corrected chi connectivity index (χ4v) is 3.46. The van der Waals surface area contributed by atoms with Crippen LogP contribution in [0.3, 0.4) is 0 Å². The summed E-state index contributed by atoms with van der Waals surface area (Å²) in [7, 11) is 0. The second-order valence-electron chi connectivity index (χ2n) is 6.77. The summed E-state index contributed by atoms with van der Waals surface area (Å²) >= 11 is 0. The van der Waals surface area contributed by atoms with Gasteiger partial charge in [-0.25, -0.2) is 8.78 Å². The maximum Gasteiger partial charge on any atom is 0.188 e. The largest absolute Gasteiger partial charge is 0.505 e. The van der Waals surface area contributed by atoms with Crippen LogP contribution in [-0.2, 0) is 13.0 Å². The van der Waals surface area contributed by atoms with Crippen LogP contribution in [0.2, 0.25) is 0 Å². The van der Waals surface area contributed by atoms with Crippen LogP contribution in [0.4, 0.5) is 14.5 Å². The second kappa shape index (κ2) is 7.72. The van der Waals surface area contributed by atoms with Crippen molar-refractivity contribution >= 4 is 16.6 Å². The molecular formula is C23H20F2N2O. The molecule has 0 aliphatic carbocycles. The van der Waals surface area contributed by atoms with Gasteiger partial charge in [-0.05, 0) is 47.9 Å². The van der Waals surface area contributed by atoms with Gasteiger partial charge in [-0.3, -0.25) is 0 Å². The molecule has 142 valence electrons. The number of phenolic OH excluding ortho intramolecular Hbond substituents is 1. The first-order valence-electron chi connectivity index (χ1n) is 9.13. The van der Waals surface area contributed by atoms with Crippen LogP contribution in [0.5, 0.6) is 5.75 Å². The zero-order valence-corrected chi connectivity index (χ0v) is 15.2. The van der Waals surface area contributed by atoms with Gasteiger partial charge in [-0.1, -0.05) is 36.4 Å². The molecule has 28 heavy (non-hydrogen) atoms. The Morgan fingerprint density at radius 2 is 1.75 bits per heavy atom. The number of nitrogens with zero attached hydrogens (tertiary/aromatic N) is 1. The molecule has 0 aliphatic heterocycles. The normalized spacial score (nSPS) is 11.1. The highest BCUT2D eigenvalue weighted by Crippen LogP contribution is 2.28. The molecule has 5 heteroatoms. The number of aromatic nitrogens is 1. The lowest BCUT2D eigenvalue weighted by Gasteiger charge is -2.25. The van der Waals surface area contributed by atoms with Gasteiger partial charge in [0.25, 0.3) is 0 Å². The van der Waals surface area contributed by atoms with Gasteiger partial charge < -0.3 is 15.0 Å². The van der Waals surface area contributed by atoms with E-state index in [1.54, 1.807) is 18.2 Å². The highest BCUT2D eigenvalue weighted by Gasteiger charge is 2.16. The summed E-state index contributed by atoms with van der Waals surface area (Å²) < 4.78 is 28.0. The zero-order valence-electron chi connectivity index (χ0n) is 15.2. The lowest BCUT2D eigenvalue weighted by atomic mass is 10.1. The van der Waals surface area contributed by atoms with Crippen molar-refractivity contribution in [2.75, 3.05) is 11.4 Å². The molecule has 0 saturated heterocycles. The Hall–Kier alpha value is -3.34. The van der Waals surface area contributed by atoms with E-state index >= 15 is 0 Å². The molecule has 4 rings (SSSR count). The number of halogens is 2. The summed E-state index contributed by atoms with van der Waals surface area (Å²) in [6, 6.07) is 19.1. The minimum absolute atomic E-state index is 0.284. The standard InChI is InChI=1S/C23H20F2N2O/c24-18-9-10-19-17(14-26-20(19)13-18)11-12-27(15-16-5-2-1-3-6-16)21-7-4-8-22(28)23(21)25/h1-10,13-14,26,28H,11-12,15H2. The topological polar surface area (TPSA) is 39.3 Å². The second-order valence-corrected chi connectivity index (χ2v) is 6.77. The summed E-state index contributed by atoms with van der Waals surface area (Å²) in [4.78, 5) is 5.00. The van der Waals surface area contributed by atoms with Crippen molar-refractivity contribution in [3.05, 3.63) is 95.7 Å². The first-order valence-corrected chi connectivity index (χ1v) is 9.13. The van der Waals surface area contributed by atoms with Crippen LogP contribution in [0, 0.1) is 11.6 Å². The van der Waals surface area contributed by atoms with Crippen molar-refractivity contribution in [3.63, 3.8) is 0 Å². The summed E-state index contributed by atoms with van der Waals surface area (Å²) in [6.07, 6.45) is 2.51. The van der Waals surface area contributed by atoms with E-state index in [1.165, 1.54) is 18.2 Å². The van der Waals surface area contributed by atoms with Gasteiger partial charge in [0.15, 0.2) is 11.6 Å². The lowest BCUT2D eigenvalue weighted by Crippen LogP contribution is -2.26. The van der Waals surface area contributed by atoms with Gasteiger partial charge >= 0.3 is 0 Å². The third-order valence-electron chi connectivity index (χ3n) is 4.90. The molecule has 1 aromatic heterocycles. The molecule has 0 fully saturated rings. The van der Waals surface area contributed by atoms with E-state index in [0.717, 1.165) is 22.0 Å².